The van der Waals surface area contributed by atoms with E-state index in [2.05, 4.69) is 5.43 Å². The smallest absolute Gasteiger partial charge is 0.287 e. The predicted octanol–water partition coefficient (Wildman–Crippen LogP) is 0.0151. The quantitative estimate of drug-likeness (QED) is 0.431. The largest absolute Gasteiger partial charge is 0.310 e. The first-order valence-electron chi connectivity index (χ1n) is 4.45. The first-order valence-corrected chi connectivity index (χ1v) is 4.45. The molecule has 0 unspecified atom stereocenters. The maximum Gasteiger partial charge on any atom is 0.310 e. The number of hydrogen-bond acceptors (Lipinski definition) is 5. The number of nitro benzene ring substituents is 1. The average molecular weight is 221 g/mol. The second-order valence-corrected chi connectivity index (χ2v) is 3.17. The second kappa shape index (κ2) is 3.70. The van der Waals surface area contributed by atoms with Gasteiger partial charge in [-0.2, -0.15) is 0 Å². The molecule has 1 aromatic rings. The Labute approximate surface area is 89.8 Å². The zero-order valence-electron chi connectivity index (χ0n) is 8.04. The number of nitro groups is 1. The number of amides is 1. The molecule has 1 amide bonds. The molecule has 1 fully saturated rings. The van der Waals surface area contributed by atoms with Crippen LogP contribution in [0, 0.1) is 10.1 Å². The Morgan fingerprint density at radius 1 is 1.25 bits per heavy atom. The van der Waals surface area contributed by atoms with Crippen molar-refractivity contribution in [2.75, 3.05) is 11.6 Å². The first-order chi connectivity index (χ1) is 7.59. The van der Waals surface area contributed by atoms with Gasteiger partial charge < -0.3 is 0 Å². The van der Waals surface area contributed by atoms with Gasteiger partial charge in [0.15, 0.2) is 0 Å². The van der Waals surface area contributed by atoms with Crippen LogP contribution in [0.3, 0.4) is 0 Å². The lowest BCUT2D eigenvalue weighted by molar-refractivity contribution is -0.384. The molecular formula is C9H7N3O4. The fourth-order valence-corrected chi connectivity index (χ4v) is 1.35. The van der Waals surface area contributed by atoms with Crippen LogP contribution in [-0.2, 0) is 9.59 Å². The molecular weight excluding hydrogens is 214 g/mol. The SMILES string of the molecule is O=C1CNN(c2ccc([N+](=O)[O-])cc2)C1=O. The molecule has 0 spiro atoms. The number of nitrogens with one attached hydrogen (secondary N) is 1. The second-order valence-electron chi connectivity index (χ2n) is 3.17. The van der Waals surface area contributed by atoms with Gasteiger partial charge in [0.25, 0.3) is 5.69 Å². The van der Waals surface area contributed by atoms with Gasteiger partial charge in [0.2, 0.25) is 5.78 Å². The topological polar surface area (TPSA) is 92.6 Å². The lowest BCUT2D eigenvalue weighted by Crippen LogP contribution is -2.34. The number of carbonyl (C=O) groups is 2. The zero-order valence-corrected chi connectivity index (χ0v) is 8.04. The summed E-state index contributed by atoms with van der Waals surface area (Å²) < 4.78 is 0. The molecule has 0 aromatic heterocycles. The van der Waals surface area contributed by atoms with E-state index in [-0.39, 0.29) is 12.2 Å². The van der Waals surface area contributed by atoms with Crippen molar-refractivity contribution in [3.8, 4) is 0 Å². The van der Waals surface area contributed by atoms with Gasteiger partial charge in [-0.1, -0.05) is 0 Å². The van der Waals surface area contributed by atoms with E-state index < -0.39 is 16.6 Å². The zero-order chi connectivity index (χ0) is 11.7. The van der Waals surface area contributed by atoms with Gasteiger partial charge in [0.1, 0.15) is 0 Å². The first kappa shape index (κ1) is 10.2. The number of non-ortho nitro benzene ring substituents is 1. The maximum atomic E-state index is 11.3. The van der Waals surface area contributed by atoms with Crippen LogP contribution in [0.4, 0.5) is 11.4 Å². The summed E-state index contributed by atoms with van der Waals surface area (Å²) in [5.41, 5.74) is 2.92. The minimum absolute atomic E-state index is 0.0458. The van der Waals surface area contributed by atoms with Crippen molar-refractivity contribution in [1.29, 1.82) is 0 Å². The van der Waals surface area contributed by atoms with Gasteiger partial charge in [-0.3, -0.25) is 19.7 Å². The molecule has 0 bridgehead atoms. The van der Waals surface area contributed by atoms with Gasteiger partial charge in [-0.05, 0) is 12.1 Å². The fourth-order valence-electron chi connectivity index (χ4n) is 1.35. The van der Waals surface area contributed by atoms with E-state index in [1.807, 2.05) is 0 Å². The highest BCUT2D eigenvalue weighted by Gasteiger charge is 2.30. The van der Waals surface area contributed by atoms with E-state index in [1.54, 1.807) is 0 Å². The molecule has 1 aliphatic heterocycles. The fraction of sp³-hybridized carbons (Fsp3) is 0.111. The summed E-state index contributed by atoms with van der Waals surface area (Å²) in [7, 11) is 0. The molecule has 1 saturated heterocycles. The van der Waals surface area contributed by atoms with Crippen LogP contribution in [0.1, 0.15) is 0 Å². The van der Waals surface area contributed by atoms with Crippen molar-refractivity contribution in [2.24, 2.45) is 0 Å². The van der Waals surface area contributed by atoms with Crippen LogP contribution in [0.15, 0.2) is 24.3 Å². The third-order valence-electron chi connectivity index (χ3n) is 2.16. The van der Waals surface area contributed by atoms with Gasteiger partial charge in [0.05, 0.1) is 17.2 Å². The molecule has 1 aromatic carbocycles. The molecule has 7 heteroatoms. The lowest BCUT2D eigenvalue weighted by atomic mass is 10.2. The van der Waals surface area contributed by atoms with E-state index in [1.165, 1.54) is 24.3 Å². The summed E-state index contributed by atoms with van der Waals surface area (Å²) in [5.74, 6) is -1.19. The van der Waals surface area contributed by atoms with Crippen LogP contribution in [0.25, 0.3) is 0 Å². The van der Waals surface area contributed by atoms with Crippen molar-refractivity contribution in [3.63, 3.8) is 0 Å². The van der Waals surface area contributed by atoms with Crippen LogP contribution in [0.5, 0.6) is 0 Å². The Hall–Kier alpha value is -2.28. The number of Topliss-reactive ketones (excluding diaryl/α,β-unsaturated/α-hetero) is 1. The van der Waals surface area contributed by atoms with E-state index >= 15 is 0 Å². The number of benzene rings is 1. The number of carbonyl (C=O) groups excluding carboxylic acids is 2. The number of ketones is 1. The summed E-state index contributed by atoms with van der Waals surface area (Å²) in [6.07, 6.45) is 0. The lowest BCUT2D eigenvalue weighted by Gasteiger charge is -2.13. The molecule has 2 rings (SSSR count). The average Bonchev–Trinajstić information content (AvgIpc) is 2.60. The molecule has 0 atom stereocenters. The molecule has 7 nitrogen and oxygen atoms in total. The highest BCUT2D eigenvalue weighted by Crippen LogP contribution is 2.19. The van der Waals surface area contributed by atoms with Gasteiger partial charge >= 0.3 is 5.91 Å². The Morgan fingerprint density at radius 3 is 2.31 bits per heavy atom. The molecule has 1 N–H and O–H groups in total. The monoisotopic (exact) mass is 221 g/mol. The number of hydrazine groups is 1. The minimum Gasteiger partial charge on any atom is -0.287 e. The third kappa shape index (κ3) is 1.63. The molecule has 0 aliphatic carbocycles. The standard InChI is InChI=1S/C9H7N3O4/c13-8-5-10-11(9(8)14)6-1-3-7(4-2-6)12(15)16/h1-4,10H,5H2. The van der Waals surface area contributed by atoms with E-state index in [0.29, 0.717) is 5.69 Å². The summed E-state index contributed by atoms with van der Waals surface area (Å²) in [5, 5.41) is 11.5. The Balaban J connectivity index is 2.26. The van der Waals surface area contributed by atoms with Gasteiger partial charge in [-0.15, -0.1) is 0 Å². The van der Waals surface area contributed by atoms with Gasteiger partial charge in [-0.25, -0.2) is 10.4 Å². The number of nitrogens with zero attached hydrogens (tertiary/aromatic N) is 2. The molecule has 82 valence electrons. The molecule has 1 aliphatic rings. The maximum absolute atomic E-state index is 11.3. The number of anilines is 1. The Bertz CT molecular complexity index is 468. The van der Waals surface area contributed by atoms with Crippen molar-refractivity contribution in [2.45, 2.75) is 0 Å². The van der Waals surface area contributed by atoms with Crippen LogP contribution < -0.4 is 10.4 Å². The molecule has 1 heterocycles. The van der Waals surface area contributed by atoms with Crippen LogP contribution in [-0.4, -0.2) is 23.2 Å². The highest BCUT2D eigenvalue weighted by atomic mass is 16.6. The van der Waals surface area contributed by atoms with Gasteiger partial charge in [0, 0.05) is 12.1 Å². The van der Waals surface area contributed by atoms with Crippen LogP contribution >= 0.6 is 0 Å². The van der Waals surface area contributed by atoms with Crippen molar-refractivity contribution in [3.05, 3.63) is 34.4 Å². The number of hydrogen-bond donors (Lipinski definition) is 1. The van der Waals surface area contributed by atoms with E-state index in [9.17, 15) is 19.7 Å². The third-order valence-corrected chi connectivity index (χ3v) is 2.16. The van der Waals surface area contributed by atoms with E-state index in [4.69, 9.17) is 0 Å². The Morgan fingerprint density at radius 2 is 1.88 bits per heavy atom. The summed E-state index contributed by atoms with van der Waals surface area (Å²) in [4.78, 5) is 32.1. The molecule has 16 heavy (non-hydrogen) atoms. The summed E-state index contributed by atoms with van der Waals surface area (Å²) >= 11 is 0. The molecule has 0 saturated carbocycles. The van der Waals surface area contributed by atoms with E-state index in [0.717, 1.165) is 5.01 Å². The molecule has 0 radical (unpaired) electrons. The predicted molar refractivity (Wildman–Crippen MR) is 53.6 cm³/mol. The van der Waals surface area contributed by atoms with Crippen molar-refractivity contribution >= 4 is 23.1 Å². The highest BCUT2D eigenvalue weighted by molar-refractivity contribution is 6.43. The van der Waals surface area contributed by atoms with Crippen LogP contribution in [0.2, 0.25) is 0 Å². The van der Waals surface area contributed by atoms with Crippen molar-refractivity contribution in [1.82, 2.24) is 5.43 Å². The normalized spacial score (nSPS) is 15.6. The van der Waals surface area contributed by atoms with Crippen molar-refractivity contribution < 1.29 is 14.5 Å². The summed E-state index contributed by atoms with van der Waals surface area (Å²) in [6.45, 7) is -0.0458. The number of rotatable bonds is 2. The minimum atomic E-state index is -0.658. The Kier molecular flexibility index (Phi) is 2.37. The summed E-state index contributed by atoms with van der Waals surface area (Å²) in [6, 6.07) is 5.35.